The van der Waals surface area contributed by atoms with Crippen LogP contribution in [0.4, 0.5) is 0 Å². The van der Waals surface area contributed by atoms with Crippen LogP contribution in [0, 0.1) is 11.8 Å². The fourth-order valence-electron chi connectivity index (χ4n) is 2.55. The lowest BCUT2D eigenvalue weighted by molar-refractivity contribution is 0.356. The summed E-state index contributed by atoms with van der Waals surface area (Å²) in [6, 6.07) is 0. The number of rotatable bonds is 7. The summed E-state index contributed by atoms with van der Waals surface area (Å²) in [5, 5.41) is 0. The SMILES string of the molecule is C=CC1CCC(/C=C/CCCCCC)CC1. The Balaban J connectivity index is 2.04. The third kappa shape index (κ3) is 5.53. The second-order valence-electron chi connectivity index (χ2n) is 5.19. The second kappa shape index (κ2) is 8.61. The normalized spacial score (nSPS) is 26.1. The quantitative estimate of drug-likeness (QED) is 0.392. The predicted octanol–water partition coefficient (Wildman–Crippen LogP) is 5.51. The van der Waals surface area contributed by atoms with Gasteiger partial charge < -0.3 is 0 Å². The van der Waals surface area contributed by atoms with Gasteiger partial charge in [-0.25, -0.2) is 0 Å². The van der Waals surface area contributed by atoms with Gasteiger partial charge in [0, 0.05) is 0 Å². The van der Waals surface area contributed by atoms with Crippen molar-refractivity contribution < 1.29 is 0 Å². The molecule has 0 aromatic rings. The molecule has 0 aromatic carbocycles. The number of hydrogen-bond acceptors (Lipinski definition) is 0. The van der Waals surface area contributed by atoms with Crippen LogP contribution in [0.15, 0.2) is 24.8 Å². The average molecular weight is 220 g/mol. The van der Waals surface area contributed by atoms with Crippen molar-refractivity contribution in [2.45, 2.75) is 64.7 Å². The molecule has 1 aliphatic carbocycles. The molecule has 1 saturated carbocycles. The number of allylic oxidation sites excluding steroid dienone is 3. The summed E-state index contributed by atoms with van der Waals surface area (Å²) in [5.74, 6) is 1.66. The van der Waals surface area contributed by atoms with E-state index < -0.39 is 0 Å². The maximum atomic E-state index is 3.90. The van der Waals surface area contributed by atoms with Crippen molar-refractivity contribution in [1.29, 1.82) is 0 Å². The lowest BCUT2D eigenvalue weighted by Crippen LogP contribution is -2.10. The predicted molar refractivity (Wildman–Crippen MR) is 73.5 cm³/mol. The van der Waals surface area contributed by atoms with Crippen LogP contribution in [0.5, 0.6) is 0 Å². The van der Waals surface area contributed by atoms with Crippen LogP contribution in [0.25, 0.3) is 0 Å². The first-order valence-corrected chi connectivity index (χ1v) is 7.16. The Morgan fingerprint density at radius 3 is 2.31 bits per heavy atom. The Hall–Kier alpha value is -0.520. The van der Waals surface area contributed by atoms with Crippen molar-refractivity contribution in [2.24, 2.45) is 11.8 Å². The Labute approximate surface area is 102 Å². The molecular weight excluding hydrogens is 192 g/mol. The highest BCUT2D eigenvalue weighted by Crippen LogP contribution is 2.30. The maximum absolute atomic E-state index is 3.90. The molecule has 0 saturated heterocycles. The van der Waals surface area contributed by atoms with Crippen LogP contribution in [0.3, 0.4) is 0 Å². The van der Waals surface area contributed by atoms with Gasteiger partial charge in [0.15, 0.2) is 0 Å². The molecule has 0 bridgehead atoms. The van der Waals surface area contributed by atoms with Gasteiger partial charge in [0.25, 0.3) is 0 Å². The third-order valence-corrected chi connectivity index (χ3v) is 3.78. The van der Waals surface area contributed by atoms with Crippen LogP contribution in [-0.4, -0.2) is 0 Å². The minimum Gasteiger partial charge on any atom is -0.103 e. The highest BCUT2D eigenvalue weighted by molar-refractivity contribution is 4.93. The van der Waals surface area contributed by atoms with E-state index in [1.165, 1.54) is 57.8 Å². The van der Waals surface area contributed by atoms with Crippen molar-refractivity contribution in [3.05, 3.63) is 24.8 Å². The maximum Gasteiger partial charge on any atom is -0.0233 e. The largest absolute Gasteiger partial charge is 0.103 e. The van der Waals surface area contributed by atoms with Crippen molar-refractivity contribution in [3.8, 4) is 0 Å². The molecule has 1 rings (SSSR count). The molecule has 0 nitrogen and oxygen atoms in total. The topological polar surface area (TPSA) is 0 Å². The summed E-state index contributed by atoms with van der Waals surface area (Å²) in [6.45, 7) is 6.17. The summed E-state index contributed by atoms with van der Waals surface area (Å²) in [5.41, 5.74) is 0. The van der Waals surface area contributed by atoms with E-state index in [-0.39, 0.29) is 0 Å². The van der Waals surface area contributed by atoms with Gasteiger partial charge in [-0.2, -0.15) is 0 Å². The first kappa shape index (κ1) is 13.5. The van der Waals surface area contributed by atoms with E-state index in [1.807, 2.05) is 0 Å². The van der Waals surface area contributed by atoms with Crippen LogP contribution >= 0.6 is 0 Å². The van der Waals surface area contributed by atoms with E-state index in [1.54, 1.807) is 0 Å². The van der Waals surface area contributed by atoms with E-state index in [0.29, 0.717) is 0 Å². The van der Waals surface area contributed by atoms with Gasteiger partial charge in [0.1, 0.15) is 0 Å². The van der Waals surface area contributed by atoms with Gasteiger partial charge in [-0.1, -0.05) is 44.4 Å². The molecule has 0 heteroatoms. The molecule has 0 amide bonds. The number of hydrogen-bond donors (Lipinski definition) is 0. The summed E-state index contributed by atoms with van der Waals surface area (Å²) >= 11 is 0. The van der Waals surface area contributed by atoms with Crippen molar-refractivity contribution in [3.63, 3.8) is 0 Å². The van der Waals surface area contributed by atoms with Crippen molar-refractivity contribution >= 4 is 0 Å². The van der Waals surface area contributed by atoms with Crippen LogP contribution in [0.1, 0.15) is 64.7 Å². The van der Waals surface area contributed by atoms with Crippen LogP contribution < -0.4 is 0 Å². The van der Waals surface area contributed by atoms with Gasteiger partial charge in [-0.15, -0.1) is 6.58 Å². The van der Waals surface area contributed by atoms with Gasteiger partial charge in [0.2, 0.25) is 0 Å². The molecule has 0 unspecified atom stereocenters. The molecule has 0 aliphatic heterocycles. The molecule has 1 fully saturated rings. The Bertz CT molecular complexity index is 194. The molecule has 0 N–H and O–H groups in total. The summed E-state index contributed by atoms with van der Waals surface area (Å²) < 4.78 is 0. The van der Waals surface area contributed by atoms with E-state index in [0.717, 1.165) is 11.8 Å². The molecule has 1 aliphatic rings. The first-order valence-electron chi connectivity index (χ1n) is 7.16. The fraction of sp³-hybridized carbons (Fsp3) is 0.750. The molecule has 0 radical (unpaired) electrons. The molecule has 0 atom stereocenters. The average Bonchev–Trinajstić information content (AvgIpc) is 2.34. The molecular formula is C16H28. The van der Waals surface area contributed by atoms with Gasteiger partial charge >= 0.3 is 0 Å². The zero-order valence-electron chi connectivity index (χ0n) is 11.0. The van der Waals surface area contributed by atoms with Gasteiger partial charge in [-0.05, 0) is 50.4 Å². The van der Waals surface area contributed by atoms with E-state index >= 15 is 0 Å². The molecule has 92 valence electrons. The standard InChI is InChI=1S/C16H28/c1-3-5-6-7-8-9-10-16-13-11-15(4-2)12-14-16/h4,9-10,15-16H,2-3,5-8,11-14H2,1H3/b10-9+. The summed E-state index contributed by atoms with van der Waals surface area (Å²) in [4.78, 5) is 0. The Morgan fingerprint density at radius 1 is 1.00 bits per heavy atom. The zero-order valence-corrected chi connectivity index (χ0v) is 11.0. The fourth-order valence-corrected chi connectivity index (χ4v) is 2.55. The minimum atomic E-state index is 0.800. The molecule has 0 aromatic heterocycles. The van der Waals surface area contributed by atoms with E-state index in [9.17, 15) is 0 Å². The van der Waals surface area contributed by atoms with E-state index in [2.05, 4.69) is 31.7 Å². The Kier molecular flexibility index (Phi) is 7.29. The van der Waals surface area contributed by atoms with Gasteiger partial charge in [0.05, 0.1) is 0 Å². The minimum absolute atomic E-state index is 0.800. The highest BCUT2D eigenvalue weighted by atomic mass is 14.2. The van der Waals surface area contributed by atoms with Crippen molar-refractivity contribution in [2.75, 3.05) is 0 Å². The summed E-state index contributed by atoms with van der Waals surface area (Å²) in [6.07, 6.45) is 19.3. The van der Waals surface area contributed by atoms with Gasteiger partial charge in [-0.3, -0.25) is 0 Å². The summed E-state index contributed by atoms with van der Waals surface area (Å²) in [7, 11) is 0. The zero-order chi connectivity index (χ0) is 11.6. The van der Waals surface area contributed by atoms with E-state index in [4.69, 9.17) is 0 Å². The monoisotopic (exact) mass is 220 g/mol. The first-order chi connectivity index (χ1) is 7.86. The van der Waals surface area contributed by atoms with Crippen LogP contribution in [-0.2, 0) is 0 Å². The molecule has 0 heterocycles. The second-order valence-corrected chi connectivity index (χ2v) is 5.19. The third-order valence-electron chi connectivity index (χ3n) is 3.78. The number of unbranched alkanes of at least 4 members (excludes halogenated alkanes) is 4. The smallest absolute Gasteiger partial charge is 0.0233 e. The van der Waals surface area contributed by atoms with Crippen molar-refractivity contribution in [1.82, 2.24) is 0 Å². The Morgan fingerprint density at radius 2 is 1.69 bits per heavy atom. The lowest BCUT2D eigenvalue weighted by Gasteiger charge is -2.24. The highest BCUT2D eigenvalue weighted by Gasteiger charge is 2.16. The molecule has 0 spiro atoms. The lowest BCUT2D eigenvalue weighted by atomic mass is 9.82. The molecule has 16 heavy (non-hydrogen) atoms. The van der Waals surface area contributed by atoms with Crippen LogP contribution in [0.2, 0.25) is 0 Å².